The SMILES string of the molecule is O=C(O)CC1C(=O)NCCN1S(=O)(=O)c1ccc(F)cc1. The summed E-state index contributed by atoms with van der Waals surface area (Å²) in [6, 6.07) is 2.82. The van der Waals surface area contributed by atoms with Crippen LogP contribution in [0.2, 0.25) is 0 Å². The third kappa shape index (κ3) is 3.19. The number of piperazine rings is 1. The third-order valence-electron chi connectivity index (χ3n) is 3.07. The summed E-state index contributed by atoms with van der Waals surface area (Å²) < 4.78 is 38.7. The minimum atomic E-state index is -4.06. The van der Waals surface area contributed by atoms with Crippen molar-refractivity contribution in [2.45, 2.75) is 17.4 Å². The van der Waals surface area contributed by atoms with Gasteiger partial charge in [-0.05, 0) is 24.3 Å². The molecule has 2 N–H and O–H groups in total. The summed E-state index contributed by atoms with van der Waals surface area (Å²) in [4.78, 5) is 22.4. The fraction of sp³-hybridized carbons (Fsp3) is 0.333. The summed E-state index contributed by atoms with van der Waals surface area (Å²) in [6.07, 6.45) is -0.633. The molecule has 0 bridgehead atoms. The van der Waals surface area contributed by atoms with Crippen LogP contribution in [0.15, 0.2) is 29.2 Å². The zero-order valence-electron chi connectivity index (χ0n) is 10.8. The number of hydrogen-bond donors (Lipinski definition) is 2. The van der Waals surface area contributed by atoms with Crippen LogP contribution in [-0.2, 0) is 19.6 Å². The van der Waals surface area contributed by atoms with Gasteiger partial charge < -0.3 is 10.4 Å². The van der Waals surface area contributed by atoms with Crippen molar-refractivity contribution in [1.29, 1.82) is 0 Å². The van der Waals surface area contributed by atoms with Crippen LogP contribution in [0.4, 0.5) is 4.39 Å². The van der Waals surface area contributed by atoms with Crippen LogP contribution in [0.25, 0.3) is 0 Å². The van der Waals surface area contributed by atoms with Gasteiger partial charge in [0, 0.05) is 13.1 Å². The predicted molar refractivity (Wildman–Crippen MR) is 69.3 cm³/mol. The highest BCUT2D eigenvalue weighted by Crippen LogP contribution is 2.21. The molecule has 1 atom stereocenters. The monoisotopic (exact) mass is 316 g/mol. The van der Waals surface area contributed by atoms with Crippen LogP contribution in [0.3, 0.4) is 0 Å². The highest BCUT2D eigenvalue weighted by molar-refractivity contribution is 7.89. The molecule has 1 heterocycles. The second kappa shape index (κ2) is 5.78. The Morgan fingerprint density at radius 3 is 2.57 bits per heavy atom. The van der Waals surface area contributed by atoms with Crippen LogP contribution >= 0.6 is 0 Å². The number of amides is 1. The normalized spacial score (nSPS) is 20.0. The molecule has 21 heavy (non-hydrogen) atoms. The molecule has 1 aromatic carbocycles. The van der Waals surface area contributed by atoms with E-state index in [2.05, 4.69) is 5.32 Å². The number of carboxylic acid groups (broad SMARTS) is 1. The Balaban J connectivity index is 2.38. The van der Waals surface area contributed by atoms with E-state index in [0.717, 1.165) is 28.6 Å². The molecule has 0 saturated carbocycles. The van der Waals surface area contributed by atoms with Gasteiger partial charge in [-0.3, -0.25) is 9.59 Å². The number of sulfonamides is 1. The van der Waals surface area contributed by atoms with Gasteiger partial charge in [0.15, 0.2) is 0 Å². The number of carbonyl (C=O) groups excluding carboxylic acids is 1. The van der Waals surface area contributed by atoms with Crippen LogP contribution < -0.4 is 5.32 Å². The Labute approximate surface area is 120 Å². The van der Waals surface area contributed by atoms with Gasteiger partial charge in [0.1, 0.15) is 11.9 Å². The minimum absolute atomic E-state index is 0.0383. The predicted octanol–water partition coefficient (Wildman–Crippen LogP) is -0.210. The lowest BCUT2D eigenvalue weighted by Gasteiger charge is -2.33. The number of benzene rings is 1. The second-order valence-corrected chi connectivity index (χ2v) is 6.36. The highest BCUT2D eigenvalue weighted by atomic mass is 32.2. The van der Waals surface area contributed by atoms with Crippen LogP contribution in [0.5, 0.6) is 0 Å². The van der Waals surface area contributed by atoms with E-state index in [1.54, 1.807) is 0 Å². The van der Waals surface area contributed by atoms with E-state index in [-0.39, 0.29) is 18.0 Å². The van der Waals surface area contributed by atoms with Crippen molar-refractivity contribution < 1.29 is 27.5 Å². The Morgan fingerprint density at radius 1 is 1.38 bits per heavy atom. The fourth-order valence-electron chi connectivity index (χ4n) is 2.08. The molecule has 1 unspecified atom stereocenters. The molecule has 9 heteroatoms. The number of halogens is 1. The number of nitrogens with one attached hydrogen (secondary N) is 1. The van der Waals surface area contributed by atoms with Crippen molar-refractivity contribution in [2.75, 3.05) is 13.1 Å². The quantitative estimate of drug-likeness (QED) is 0.800. The molecule has 0 aliphatic carbocycles. The maximum Gasteiger partial charge on any atom is 0.305 e. The van der Waals surface area contributed by atoms with Gasteiger partial charge in [-0.25, -0.2) is 12.8 Å². The molecule has 1 amide bonds. The van der Waals surface area contributed by atoms with Crippen LogP contribution in [0.1, 0.15) is 6.42 Å². The van der Waals surface area contributed by atoms with Gasteiger partial charge >= 0.3 is 5.97 Å². The molecular formula is C12H13FN2O5S. The van der Waals surface area contributed by atoms with E-state index in [1.165, 1.54) is 0 Å². The maximum atomic E-state index is 12.9. The maximum absolute atomic E-state index is 12.9. The first-order valence-corrected chi connectivity index (χ1v) is 7.53. The van der Waals surface area contributed by atoms with Gasteiger partial charge in [-0.2, -0.15) is 4.31 Å². The number of carbonyl (C=O) groups is 2. The van der Waals surface area contributed by atoms with Crippen molar-refractivity contribution in [2.24, 2.45) is 0 Å². The summed E-state index contributed by atoms with van der Waals surface area (Å²) in [6.45, 7) is 0.0543. The average molecular weight is 316 g/mol. The Kier molecular flexibility index (Phi) is 4.24. The first kappa shape index (κ1) is 15.4. The smallest absolute Gasteiger partial charge is 0.305 e. The number of nitrogens with zero attached hydrogens (tertiary/aromatic N) is 1. The number of carboxylic acids is 1. The molecule has 0 spiro atoms. The van der Waals surface area contributed by atoms with Gasteiger partial charge in [0.05, 0.1) is 11.3 Å². The second-order valence-electron chi connectivity index (χ2n) is 4.47. The number of rotatable bonds is 4. The largest absolute Gasteiger partial charge is 0.481 e. The molecule has 1 aliphatic rings. The topological polar surface area (TPSA) is 104 Å². The van der Waals surface area contributed by atoms with E-state index < -0.39 is 40.2 Å². The Morgan fingerprint density at radius 2 is 2.00 bits per heavy atom. The van der Waals surface area contributed by atoms with Crippen LogP contribution in [0, 0.1) is 5.82 Å². The van der Waals surface area contributed by atoms with Crippen molar-refractivity contribution in [3.05, 3.63) is 30.1 Å². The van der Waals surface area contributed by atoms with Crippen molar-refractivity contribution in [1.82, 2.24) is 9.62 Å². The van der Waals surface area contributed by atoms with E-state index in [4.69, 9.17) is 5.11 Å². The fourth-order valence-corrected chi connectivity index (χ4v) is 3.67. The molecule has 0 aromatic heterocycles. The van der Waals surface area contributed by atoms with Crippen molar-refractivity contribution in [3.63, 3.8) is 0 Å². The molecule has 2 rings (SSSR count). The van der Waals surface area contributed by atoms with E-state index in [1.807, 2.05) is 0 Å². The number of hydrogen-bond acceptors (Lipinski definition) is 4. The minimum Gasteiger partial charge on any atom is -0.481 e. The lowest BCUT2D eigenvalue weighted by molar-refractivity contribution is -0.141. The molecule has 114 valence electrons. The Hall–Kier alpha value is -2.00. The Bertz CT molecular complexity index is 659. The zero-order chi connectivity index (χ0) is 15.6. The summed E-state index contributed by atoms with van der Waals surface area (Å²) in [7, 11) is -4.06. The van der Waals surface area contributed by atoms with Gasteiger partial charge in [0.25, 0.3) is 0 Å². The summed E-state index contributed by atoms with van der Waals surface area (Å²) in [5.41, 5.74) is 0. The molecule has 1 fully saturated rings. The summed E-state index contributed by atoms with van der Waals surface area (Å²) in [5.74, 6) is -2.53. The standard InChI is InChI=1S/C12H13FN2O5S/c13-8-1-3-9(4-2-8)21(19,20)15-6-5-14-12(18)10(15)7-11(16)17/h1-4,10H,5-7H2,(H,14,18)(H,16,17). The zero-order valence-corrected chi connectivity index (χ0v) is 11.6. The molecular weight excluding hydrogens is 303 g/mol. The molecule has 7 nitrogen and oxygen atoms in total. The van der Waals surface area contributed by atoms with Gasteiger partial charge in [0.2, 0.25) is 15.9 Å². The van der Waals surface area contributed by atoms with E-state index >= 15 is 0 Å². The average Bonchev–Trinajstić information content (AvgIpc) is 2.41. The van der Waals surface area contributed by atoms with Crippen LogP contribution in [-0.4, -0.2) is 48.8 Å². The molecule has 1 saturated heterocycles. The lowest BCUT2D eigenvalue weighted by Crippen LogP contribution is -2.57. The molecule has 0 radical (unpaired) electrons. The van der Waals surface area contributed by atoms with E-state index in [0.29, 0.717) is 0 Å². The van der Waals surface area contributed by atoms with Crippen molar-refractivity contribution >= 4 is 21.9 Å². The van der Waals surface area contributed by atoms with Gasteiger partial charge in [-0.1, -0.05) is 0 Å². The molecule has 1 aliphatic heterocycles. The number of aliphatic carboxylic acids is 1. The molecule has 1 aromatic rings. The first-order valence-electron chi connectivity index (χ1n) is 6.09. The first-order chi connectivity index (χ1) is 9.82. The highest BCUT2D eigenvalue weighted by Gasteiger charge is 2.39. The lowest BCUT2D eigenvalue weighted by atomic mass is 10.1. The summed E-state index contributed by atoms with van der Waals surface area (Å²) in [5, 5.41) is 11.3. The third-order valence-corrected chi connectivity index (χ3v) is 4.99. The van der Waals surface area contributed by atoms with Gasteiger partial charge in [-0.15, -0.1) is 0 Å². The summed E-state index contributed by atoms with van der Waals surface area (Å²) >= 11 is 0. The van der Waals surface area contributed by atoms with E-state index in [9.17, 15) is 22.4 Å². The van der Waals surface area contributed by atoms with Crippen molar-refractivity contribution in [3.8, 4) is 0 Å².